The Balaban J connectivity index is 1.33. The highest BCUT2D eigenvalue weighted by molar-refractivity contribution is 8.00. The zero-order valence-electron chi connectivity index (χ0n) is 19.2. The lowest BCUT2D eigenvalue weighted by Gasteiger charge is -2.37. The highest BCUT2D eigenvalue weighted by Gasteiger charge is 2.25. The molecule has 178 valence electrons. The summed E-state index contributed by atoms with van der Waals surface area (Å²) in [5.74, 6) is 1.70. The van der Waals surface area contributed by atoms with Crippen LogP contribution in [0.25, 0.3) is 0 Å². The van der Waals surface area contributed by atoms with E-state index >= 15 is 0 Å². The number of nitrogens with one attached hydrogen (secondary N) is 1. The van der Waals surface area contributed by atoms with E-state index in [4.69, 9.17) is 9.15 Å². The summed E-state index contributed by atoms with van der Waals surface area (Å²) in [6.07, 6.45) is 1.58. The molecule has 3 aromatic rings. The Bertz CT molecular complexity index is 1090. The van der Waals surface area contributed by atoms with Gasteiger partial charge in [-0.15, -0.1) is 11.8 Å². The summed E-state index contributed by atoms with van der Waals surface area (Å²) < 4.78 is 11.0. The molecule has 7 nitrogen and oxygen atoms in total. The lowest BCUT2D eigenvalue weighted by molar-refractivity contribution is -0.118. The third-order valence-electron chi connectivity index (χ3n) is 5.59. The van der Waals surface area contributed by atoms with Gasteiger partial charge in [0.2, 0.25) is 5.91 Å². The summed E-state index contributed by atoms with van der Waals surface area (Å²) in [6, 6.07) is 19.1. The third-order valence-corrected chi connectivity index (χ3v) is 6.66. The van der Waals surface area contributed by atoms with Gasteiger partial charge in [0.05, 0.1) is 36.4 Å². The van der Waals surface area contributed by atoms with Crippen LogP contribution in [0.4, 0.5) is 5.69 Å². The van der Waals surface area contributed by atoms with Crippen LogP contribution in [0.15, 0.2) is 76.2 Å². The van der Waals surface area contributed by atoms with Crippen LogP contribution in [0.1, 0.15) is 23.0 Å². The molecule has 4 rings (SSSR count). The molecule has 1 saturated heterocycles. The van der Waals surface area contributed by atoms with Crippen LogP contribution in [0, 0.1) is 0 Å². The first-order valence-electron chi connectivity index (χ1n) is 11.4. The molecule has 0 unspecified atom stereocenters. The summed E-state index contributed by atoms with van der Waals surface area (Å²) in [5, 5.41) is 2.84. The quantitative estimate of drug-likeness (QED) is 0.467. The first-order valence-corrected chi connectivity index (χ1v) is 12.4. The van der Waals surface area contributed by atoms with Gasteiger partial charge in [0.15, 0.2) is 0 Å². The van der Waals surface area contributed by atoms with E-state index in [2.05, 4.69) is 16.3 Å². The lowest BCUT2D eigenvalue weighted by atomic mass is 10.1. The number of para-hydroxylation sites is 2. The van der Waals surface area contributed by atoms with E-state index < -0.39 is 0 Å². The van der Waals surface area contributed by atoms with E-state index in [1.807, 2.05) is 60.4 Å². The van der Waals surface area contributed by atoms with E-state index in [1.165, 1.54) is 11.8 Å². The van der Waals surface area contributed by atoms with Gasteiger partial charge in [-0.05, 0) is 43.3 Å². The molecule has 1 aliphatic heterocycles. The third kappa shape index (κ3) is 5.94. The fourth-order valence-corrected chi connectivity index (χ4v) is 4.75. The number of thioether (sulfide) groups is 1. The van der Waals surface area contributed by atoms with Gasteiger partial charge in [-0.25, -0.2) is 0 Å². The van der Waals surface area contributed by atoms with Crippen LogP contribution < -0.4 is 15.0 Å². The summed E-state index contributed by atoms with van der Waals surface area (Å²) in [6.45, 7) is 5.67. The second-order valence-electron chi connectivity index (χ2n) is 7.82. The minimum Gasteiger partial charge on any atom is -0.492 e. The Morgan fingerprint density at radius 2 is 1.76 bits per heavy atom. The number of furan rings is 1. The van der Waals surface area contributed by atoms with Gasteiger partial charge < -0.3 is 24.3 Å². The maximum absolute atomic E-state index is 13.3. The van der Waals surface area contributed by atoms with Gasteiger partial charge in [0, 0.05) is 31.1 Å². The van der Waals surface area contributed by atoms with Crippen molar-refractivity contribution in [3.05, 3.63) is 78.3 Å². The molecular formula is C26H29N3O4S. The van der Waals surface area contributed by atoms with Crippen LogP contribution in [0.3, 0.4) is 0 Å². The molecule has 0 bridgehead atoms. The highest BCUT2D eigenvalue weighted by atomic mass is 32.2. The first kappa shape index (κ1) is 23.8. The number of nitrogens with zero attached hydrogens (tertiary/aromatic N) is 2. The van der Waals surface area contributed by atoms with Crippen LogP contribution in [-0.2, 0) is 11.3 Å². The molecule has 0 atom stereocenters. The fourth-order valence-electron chi connectivity index (χ4n) is 3.88. The Hall–Kier alpha value is -3.39. The van der Waals surface area contributed by atoms with Crippen molar-refractivity contribution < 1.29 is 18.7 Å². The Labute approximate surface area is 204 Å². The number of carbonyl (C=O) groups excluding carboxylic acids is 2. The van der Waals surface area contributed by atoms with Gasteiger partial charge in [-0.3, -0.25) is 9.59 Å². The maximum Gasteiger partial charge on any atom is 0.255 e. The number of benzene rings is 2. The largest absolute Gasteiger partial charge is 0.492 e. The van der Waals surface area contributed by atoms with E-state index in [9.17, 15) is 9.59 Å². The SMILES string of the molecule is CCOc1ccccc1N1CCN(C(=O)c2ccccc2SCC(=O)NCc2ccco2)CC1. The maximum atomic E-state index is 13.3. The summed E-state index contributed by atoms with van der Waals surface area (Å²) >= 11 is 1.37. The number of anilines is 1. The molecule has 8 heteroatoms. The molecule has 2 heterocycles. The Morgan fingerprint density at radius 1 is 1.00 bits per heavy atom. The average molecular weight is 480 g/mol. The second kappa shape index (κ2) is 11.7. The zero-order chi connectivity index (χ0) is 23.8. The summed E-state index contributed by atoms with van der Waals surface area (Å²) in [7, 11) is 0. The molecule has 1 aromatic heterocycles. The van der Waals surface area contributed by atoms with Crippen molar-refractivity contribution in [1.29, 1.82) is 0 Å². The van der Waals surface area contributed by atoms with Crippen LogP contribution >= 0.6 is 11.8 Å². The van der Waals surface area contributed by atoms with Gasteiger partial charge in [-0.2, -0.15) is 0 Å². The molecule has 2 amide bonds. The molecular weight excluding hydrogens is 450 g/mol. The number of ether oxygens (including phenoxy) is 1. The number of piperazine rings is 1. The van der Waals surface area contributed by atoms with Gasteiger partial charge in [-0.1, -0.05) is 24.3 Å². The van der Waals surface area contributed by atoms with Crippen molar-refractivity contribution >= 4 is 29.3 Å². The van der Waals surface area contributed by atoms with E-state index in [-0.39, 0.29) is 17.6 Å². The fraction of sp³-hybridized carbons (Fsp3) is 0.308. The van der Waals surface area contributed by atoms with Crippen LogP contribution in [0.5, 0.6) is 5.75 Å². The molecule has 1 fully saturated rings. The predicted octanol–water partition coefficient (Wildman–Crippen LogP) is 4.05. The van der Waals surface area contributed by atoms with E-state index in [0.29, 0.717) is 37.6 Å². The van der Waals surface area contributed by atoms with Crippen LogP contribution in [-0.4, -0.2) is 55.3 Å². The van der Waals surface area contributed by atoms with Crippen molar-refractivity contribution in [2.75, 3.05) is 43.4 Å². The minimum absolute atomic E-state index is 0.00293. The van der Waals surface area contributed by atoms with Gasteiger partial charge >= 0.3 is 0 Å². The first-order chi connectivity index (χ1) is 16.7. The molecule has 2 aromatic carbocycles. The Morgan fingerprint density at radius 3 is 2.53 bits per heavy atom. The summed E-state index contributed by atoms with van der Waals surface area (Å²) in [4.78, 5) is 30.5. The van der Waals surface area contributed by atoms with Crippen molar-refractivity contribution in [3.63, 3.8) is 0 Å². The number of carbonyl (C=O) groups is 2. The van der Waals surface area contributed by atoms with Crippen molar-refractivity contribution in [2.24, 2.45) is 0 Å². The van der Waals surface area contributed by atoms with Gasteiger partial charge in [0.1, 0.15) is 11.5 Å². The number of rotatable bonds is 9. The standard InChI is InChI=1S/C26H29N3O4S/c1-2-32-23-11-5-4-10-22(23)28-13-15-29(16-14-28)26(31)21-9-3-6-12-24(21)34-19-25(30)27-18-20-8-7-17-33-20/h3-12,17H,2,13-16,18-19H2,1H3,(H,27,30). The molecule has 34 heavy (non-hydrogen) atoms. The second-order valence-corrected chi connectivity index (χ2v) is 8.84. The van der Waals surface area contributed by atoms with Gasteiger partial charge in [0.25, 0.3) is 5.91 Å². The average Bonchev–Trinajstić information content (AvgIpc) is 3.40. The topological polar surface area (TPSA) is 75.0 Å². The smallest absolute Gasteiger partial charge is 0.255 e. The predicted molar refractivity (Wildman–Crippen MR) is 133 cm³/mol. The molecule has 1 aliphatic rings. The number of hydrogen-bond donors (Lipinski definition) is 1. The molecule has 1 N–H and O–H groups in total. The molecule has 0 saturated carbocycles. The van der Waals surface area contributed by atoms with Crippen LogP contribution in [0.2, 0.25) is 0 Å². The molecule has 0 aliphatic carbocycles. The summed E-state index contributed by atoms with van der Waals surface area (Å²) in [5.41, 5.74) is 1.70. The van der Waals surface area contributed by atoms with Crippen molar-refractivity contribution in [3.8, 4) is 5.75 Å². The molecule has 0 radical (unpaired) electrons. The normalized spacial score (nSPS) is 13.6. The zero-order valence-corrected chi connectivity index (χ0v) is 20.1. The highest BCUT2D eigenvalue weighted by Crippen LogP contribution is 2.30. The number of amides is 2. The van der Waals surface area contributed by atoms with E-state index in [0.717, 1.165) is 29.4 Å². The Kier molecular flexibility index (Phi) is 8.14. The minimum atomic E-state index is -0.106. The monoisotopic (exact) mass is 479 g/mol. The molecule has 0 spiro atoms. The van der Waals surface area contributed by atoms with Crippen molar-refractivity contribution in [1.82, 2.24) is 10.2 Å². The number of hydrogen-bond acceptors (Lipinski definition) is 6. The lowest BCUT2D eigenvalue weighted by Crippen LogP contribution is -2.49. The van der Waals surface area contributed by atoms with Crippen molar-refractivity contribution in [2.45, 2.75) is 18.4 Å². The van der Waals surface area contributed by atoms with E-state index in [1.54, 1.807) is 12.3 Å².